The standard InChI is InChI=1S/C11H14Cl3N/c1-3-4-7(2)15-11-6-9(13)8(12)5-10(11)14/h5-7,15H,3-4H2,1-2H3. The van der Waals surface area contributed by atoms with Crippen molar-refractivity contribution in [2.24, 2.45) is 0 Å². The summed E-state index contributed by atoms with van der Waals surface area (Å²) in [4.78, 5) is 0. The topological polar surface area (TPSA) is 12.0 Å². The minimum atomic E-state index is 0.379. The van der Waals surface area contributed by atoms with Crippen molar-refractivity contribution in [3.05, 3.63) is 27.2 Å². The zero-order chi connectivity index (χ0) is 11.4. The van der Waals surface area contributed by atoms with Gasteiger partial charge in [0.1, 0.15) is 0 Å². The molecule has 1 N–H and O–H groups in total. The second-order valence-electron chi connectivity index (χ2n) is 3.58. The van der Waals surface area contributed by atoms with E-state index in [9.17, 15) is 0 Å². The van der Waals surface area contributed by atoms with Crippen LogP contribution in [0.1, 0.15) is 26.7 Å². The van der Waals surface area contributed by atoms with Crippen molar-refractivity contribution >= 4 is 40.5 Å². The van der Waals surface area contributed by atoms with Crippen LogP contribution in [-0.4, -0.2) is 6.04 Å². The van der Waals surface area contributed by atoms with Gasteiger partial charge >= 0.3 is 0 Å². The summed E-state index contributed by atoms with van der Waals surface area (Å²) in [6, 6.07) is 3.80. The van der Waals surface area contributed by atoms with E-state index in [0.29, 0.717) is 21.1 Å². The van der Waals surface area contributed by atoms with E-state index in [1.807, 2.05) is 0 Å². The fourth-order valence-electron chi connectivity index (χ4n) is 1.40. The van der Waals surface area contributed by atoms with Crippen molar-refractivity contribution in [3.63, 3.8) is 0 Å². The van der Waals surface area contributed by atoms with Gasteiger partial charge in [-0.15, -0.1) is 0 Å². The Labute approximate surface area is 106 Å². The van der Waals surface area contributed by atoms with E-state index >= 15 is 0 Å². The third-order valence-electron chi connectivity index (χ3n) is 2.13. The third kappa shape index (κ3) is 3.75. The minimum absolute atomic E-state index is 0.379. The summed E-state index contributed by atoms with van der Waals surface area (Å²) >= 11 is 17.8. The Hall–Kier alpha value is -0.110. The fraction of sp³-hybridized carbons (Fsp3) is 0.455. The molecule has 1 aromatic carbocycles. The van der Waals surface area contributed by atoms with Crippen molar-refractivity contribution < 1.29 is 0 Å². The van der Waals surface area contributed by atoms with Gasteiger partial charge in [-0.25, -0.2) is 0 Å². The van der Waals surface area contributed by atoms with Crippen LogP contribution in [0.2, 0.25) is 15.1 Å². The third-order valence-corrected chi connectivity index (χ3v) is 3.17. The van der Waals surface area contributed by atoms with Crippen LogP contribution in [0.15, 0.2) is 12.1 Å². The molecule has 1 aromatic rings. The molecule has 0 saturated heterocycles. The van der Waals surface area contributed by atoms with E-state index in [0.717, 1.165) is 18.5 Å². The SMILES string of the molecule is CCCC(C)Nc1cc(Cl)c(Cl)cc1Cl. The molecule has 0 aliphatic rings. The summed E-state index contributed by atoms with van der Waals surface area (Å²) in [7, 11) is 0. The summed E-state index contributed by atoms with van der Waals surface area (Å²) in [5.74, 6) is 0. The number of hydrogen-bond donors (Lipinski definition) is 1. The van der Waals surface area contributed by atoms with Crippen LogP contribution in [0.25, 0.3) is 0 Å². The summed E-state index contributed by atoms with van der Waals surface area (Å²) in [5, 5.41) is 4.91. The zero-order valence-electron chi connectivity index (χ0n) is 8.78. The molecule has 0 aromatic heterocycles. The lowest BCUT2D eigenvalue weighted by Gasteiger charge is -2.16. The second-order valence-corrected chi connectivity index (χ2v) is 4.80. The number of halogens is 3. The van der Waals surface area contributed by atoms with Crippen LogP contribution in [0, 0.1) is 0 Å². The Bertz CT molecular complexity index is 339. The molecule has 4 heteroatoms. The largest absolute Gasteiger partial charge is 0.381 e. The summed E-state index contributed by atoms with van der Waals surface area (Å²) in [6.07, 6.45) is 2.23. The fourth-order valence-corrected chi connectivity index (χ4v) is 2.01. The van der Waals surface area contributed by atoms with Crippen LogP contribution in [0.3, 0.4) is 0 Å². The van der Waals surface area contributed by atoms with Crippen LogP contribution in [0.4, 0.5) is 5.69 Å². The molecule has 1 nitrogen and oxygen atoms in total. The highest BCUT2D eigenvalue weighted by Crippen LogP contribution is 2.32. The number of anilines is 1. The average molecular weight is 267 g/mol. The number of nitrogens with one attached hydrogen (secondary N) is 1. The highest BCUT2D eigenvalue weighted by atomic mass is 35.5. The van der Waals surface area contributed by atoms with Gasteiger partial charge in [-0.2, -0.15) is 0 Å². The van der Waals surface area contributed by atoms with Crippen molar-refractivity contribution in [1.29, 1.82) is 0 Å². The van der Waals surface area contributed by atoms with E-state index in [1.54, 1.807) is 12.1 Å². The maximum atomic E-state index is 6.04. The highest BCUT2D eigenvalue weighted by Gasteiger charge is 2.08. The molecule has 1 unspecified atom stereocenters. The molecule has 0 aliphatic carbocycles. The number of benzene rings is 1. The smallest absolute Gasteiger partial charge is 0.0653 e. The Balaban J connectivity index is 2.81. The van der Waals surface area contributed by atoms with Crippen LogP contribution >= 0.6 is 34.8 Å². The summed E-state index contributed by atoms with van der Waals surface area (Å²) in [5.41, 5.74) is 0.840. The molecule has 0 radical (unpaired) electrons. The van der Waals surface area contributed by atoms with Gasteiger partial charge < -0.3 is 5.32 Å². The normalized spacial score (nSPS) is 12.6. The molecule has 0 spiro atoms. The van der Waals surface area contributed by atoms with Gasteiger partial charge in [0.25, 0.3) is 0 Å². The first-order valence-electron chi connectivity index (χ1n) is 4.95. The van der Waals surface area contributed by atoms with Crippen molar-refractivity contribution in [1.82, 2.24) is 0 Å². The quantitative estimate of drug-likeness (QED) is 0.734. The van der Waals surface area contributed by atoms with E-state index in [1.165, 1.54) is 0 Å². The first-order chi connectivity index (χ1) is 7.04. The molecule has 0 aliphatic heterocycles. The molecule has 0 fully saturated rings. The monoisotopic (exact) mass is 265 g/mol. The van der Waals surface area contributed by atoms with Gasteiger partial charge in [0.05, 0.1) is 20.8 Å². The Morgan fingerprint density at radius 2 is 1.73 bits per heavy atom. The predicted molar refractivity (Wildman–Crippen MR) is 69.5 cm³/mol. The zero-order valence-corrected chi connectivity index (χ0v) is 11.0. The van der Waals surface area contributed by atoms with Gasteiger partial charge in [-0.05, 0) is 25.5 Å². The Kier molecular flexibility index (Phi) is 5.04. The first-order valence-corrected chi connectivity index (χ1v) is 6.09. The summed E-state index contributed by atoms with van der Waals surface area (Å²) in [6.45, 7) is 4.26. The van der Waals surface area contributed by atoms with Gasteiger partial charge in [0.15, 0.2) is 0 Å². The molecule has 1 rings (SSSR count). The van der Waals surface area contributed by atoms with E-state index in [2.05, 4.69) is 19.2 Å². The molecule has 84 valence electrons. The summed E-state index contributed by atoms with van der Waals surface area (Å²) < 4.78 is 0. The molecule has 15 heavy (non-hydrogen) atoms. The lowest BCUT2D eigenvalue weighted by atomic mass is 10.2. The van der Waals surface area contributed by atoms with E-state index < -0.39 is 0 Å². The molecule has 0 saturated carbocycles. The number of rotatable bonds is 4. The lowest BCUT2D eigenvalue weighted by molar-refractivity contribution is 0.690. The van der Waals surface area contributed by atoms with Crippen LogP contribution < -0.4 is 5.32 Å². The first kappa shape index (κ1) is 13.0. The molecule has 0 bridgehead atoms. The van der Waals surface area contributed by atoms with Crippen molar-refractivity contribution in [2.45, 2.75) is 32.7 Å². The van der Waals surface area contributed by atoms with Crippen LogP contribution in [-0.2, 0) is 0 Å². The van der Waals surface area contributed by atoms with Crippen molar-refractivity contribution in [2.75, 3.05) is 5.32 Å². The number of hydrogen-bond acceptors (Lipinski definition) is 1. The molecule has 0 heterocycles. The molecular formula is C11H14Cl3N. The van der Waals surface area contributed by atoms with Gasteiger partial charge in [0, 0.05) is 6.04 Å². The minimum Gasteiger partial charge on any atom is -0.381 e. The predicted octanol–water partition coefficient (Wildman–Crippen LogP) is 5.25. The van der Waals surface area contributed by atoms with Gasteiger partial charge in [0.2, 0.25) is 0 Å². The van der Waals surface area contributed by atoms with Crippen molar-refractivity contribution in [3.8, 4) is 0 Å². The maximum Gasteiger partial charge on any atom is 0.0653 e. The van der Waals surface area contributed by atoms with E-state index in [4.69, 9.17) is 34.8 Å². The van der Waals surface area contributed by atoms with E-state index in [-0.39, 0.29) is 0 Å². The molecular weight excluding hydrogens is 252 g/mol. The Morgan fingerprint density at radius 1 is 1.13 bits per heavy atom. The van der Waals surface area contributed by atoms with Gasteiger partial charge in [-0.1, -0.05) is 48.1 Å². The molecule has 1 atom stereocenters. The van der Waals surface area contributed by atoms with Crippen LogP contribution in [0.5, 0.6) is 0 Å². The van der Waals surface area contributed by atoms with Gasteiger partial charge in [-0.3, -0.25) is 0 Å². The highest BCUT2D eigenvalue weighted by molar-refractivity contribution is 6.44. The maximum absolute atomic E-state index is 6.04. The molecule has 0 amide bonds. The Morgan fingerprint density at radius 3 is 2.33 bits per heavy atom. The average Bonchev–Trinajstić information content (AvgIpc) is 2.14. The second kappa shape index (κ2) is 5.83. The lowest BCUT2D eigenvalue weighted by Crippen LogP contribution is -2.14.